The Morgan fingerprint density at radius 2 is 2.11 bits per heavy atom. The summed E-state index contributed by atoms with van der Waals surface area (Å²) in [7, 11) is 1.64. The molecule has 1 saturated carbocycles. The Morgan fingerprint density at radius 1 is 1.42 bits per heavy atom. The lowest BCUT2D eigenvalue weighted by molar-refractivity contribution is -0.134. The molecule has 4 heteroatoms. The highest BCUT2D eigenvalue weighted by molar-refractivity contribution is 5.82. The number of nitrogens with zero attached hydrogens (tertiary/aromatic N) is 1. The molecule has 0 radical (unpaired) electrons. The number of ether oxygens (including phenoxy) is 1. The first-order valence-electron chi connectivity index (χ1n) is 7.31. The molecule has 1 heterocycles. The van der Waals surface area contributed by atoms with Crippen molar-refractivity contribution in [2.24, 2.45) is 16.6 Å². The van der Waals surface area contributed by atoms with Crippen molar-refractivity contribution < 1.29 is 9.53 Å². The summed E-state index contributed by atoms with van der Waals surface area (Å²) in [6.07, 6.45) is 4.05. The second kappa shape index (κ2) is 5.06. The Labute approximate surface area is 116 Å². The van der Waals surface area contributed by atoms with Crippen LogP contribution in [0.3, 0.4) is 0 Å². The molecule has 0 aromatic rings. The molecule has 1 aliphatic heterocycles. The number of likely N-dealkylation sites (tertiary alicyclic amines) is 1. The molecule has 110 valence electrons. The van der Waals surface area contributed by atoms with Crippen LogP contribution in [0.5, 0.6) is 0 Å². The van der Waals surface area contributed by atoms with Crippen LogP contribution in [0.2, 0.25) is 0 Å². The third-order valence-corrected chi connectivity index (χ3v) is 4.65. The first-order valence-corrected chi connectivity index (χ1v) is 7.31. The Balaban J connectivity index is 2.05. The average molecular weight is 268 g/mol. The Morgan fingerprint density at radius 3 is 2.74 bits per heavy atom. The van der Waals surface area contributed by atoms with Crippen molar-refractivity contribution in [3.05, 3.63) is 0 Å². The van der Waals surface area contributed by atoms with Gasteiger partial charge in [0.25, 0.3) is 0 Å². The van der Waals surface area contributed by atoms with Crippen LogP contribution in [0.4, 0.5) is 0 Å². The SMILES string of the molecule is COCCC(N)C(=O)N1CC2(C)CC1CC(C)(C)C2. The van der Waals surface area contributed by atoms with E-state index in [9.17, 15) is 4.79 Å². The van der Waals surface area contributed by atoms with E-state index in [2.05, 4.69) is 25.7 Å². The molecule has 19 heavy (non-hydrogen) atoms. The molecule has 0 aromatic carbocycles. The zero-order valence-electron chi connectivity index (χ0n) is 12.7. The van der Waals surface area contributed by atoms with Crippen LogP contribution >= 0.6 is 0 Å². The quantitative estimate of drug-likeness (QED) is 0.845. The Hall–Kier alpha value is -0.610. The second-order valence-electron chi connectivity index (χ2n) is 7.57. The van der Waals surface area contributed by atoms with E-state index in [1.54, 1.807) is 7.11 Å². The van der Waals surface area contributed by atoms with E-state index in [1.165, 1.54) is 6.42 Å². The van der Waals surface area contributed by atoms with Crippen molar-refractivity contribution in [3.8, 4) is 0 Å². The first-order chi connectivity index (χ1) is 8.76. The molecular weight excluding hydrogens is 240 g/mol. The highest BCUT2D eigenvalue weighted by Gasteiger charge is 2.51. The number of fused-ring (bicyclic) bond motifs is 2. The van der Waals surface area contributed by atoms with Crippen LogP contribution in [0.1, 0.15) is 46.5 Å². The van der Waals surface area contributed by atoms with Gasteiger partial charge in [-0.05, 0) is 36.5 Å². The van der Waals surface area contributed by atoms with Gasteiger partial charge >= 0.3 is 0 Å². The van der Waals surface area contributed by atoms with Crippen LogP contribution in [0.15, 0.2) is 0 Å². The third kappa shape index (κ3) is 3.11. The lowest BCUT2D eigenvalue weighted by Crippen LogP contribution is -2.47. The molecule has 1 aliphatic carbocycles. The lowest BCUT2D eigenvalue weighted by Gasteiger charge is -2.39. The predicted molar refractivity (Wildman–Crippen MR) is 75.7 cm³/mol. The van der Waals surface area contributed by atoms with E-state index >= 15 is 0 Å². The van der Waals surface area contributed by atoms with Crippen molar-refractivity contribution in [2.45, 2.75) is 58.5 Å². The molecule has 2 aliphatic rings. The largest absolute Gasteiger partial charge is 0.385 e. The van der Waals surface area contributed by atoms with Gasteiger partial charge in [-0.15, -0.1) is 0 Å². The standard InChI is InChI=1S/C15H28N2O2/c1-14(2)7-11-8-15(3,9-14)10-17(11)13(18)12(16)5-6-19-4/h11-12H,5-10,16H2,1-4H3. The van der Waals surface area contributed by atoms with E-state index in [0.29, 0.717) is 24.5 Å². The van der Waals surface area contributed by atoms with Gasteiger partial charge in [-0.1, -0.05) is 20.8 Å². The van der Waals surface area contributed by atoms with E-state index in [0.717, 1.165) is 19.4 Å². The predicted octanol–water partition coefficient (Wildman–Crippen LogP) is 1.78. The van der Waals surface area contributed by atoms with Crippen LogP contribution in [-0.4, -0.2) is 43.2 Å². The maximum absolute atomic E-state index is 12.5. The van der Waals surface area contributed by atoms with E-state index in [4.69, 9.17) is 10.5 Å². The zero-order chi connectivity index (χ0) is 14.3. The first kappa shape index (κ1) is 14.8. The van der Waals surface area contributed by atoms with E-state index < -0.39 is 6.04 Å². The fourth-order valence-corrected chi connectivity index (χ4v) is 4.30. The fraction of sp³-hybridized carbons (Fsp3) is 0.933. The van der Waals surface area contributed by atoms with Gasteiger partial charge < -0.3 is 15.4 Å². The van der Waals surface area contributed by atoms with Crippen LogP contribution in [-0.2, 0) is 9.53 Å². The fourth-order valence-electron chi connectivity index (χ4n) is 4.30. The minimum atomic E-state index is -0.411. The number of carbonyl (C=O) groups is 1. The number of methoxy groups -OCH3 is 1. The van der Waals surface area contributed by atoms with Crippen LogP contribution in [0.25, 0.3) is 0 Å². The molecule has 1 saturated heterocycles. The second-order valence-corrected chi connectivity index (χ2v) is 7.57. The Bertz CT molecular complexity index is 356. The van der Waals surface area contributed by atoms with Crippen molar-refractivity contribution in [2.75, 3.05) is 20.3 Å². The number of hydrogen-bond acceptors (Lipinski definition) is 3. The zero-order valence-corrected chi connectivity index (χ0v) is 12.7. The summed E-state index contributed by atoms with van der Waals surface area (Å²) < 4.78 is 5.01. The molecule has 0 aromatic heterocycles. The maximum Gasteiger partial charge on any atom is 0.239 e. The minimum Gasteiger partial charge on any atom is -0.385 e. The summed E-state index contributed by atoms with van der Waals surface area (Å²) in [6, 6.07) is -0.0270. The monoisotopic (exact) mass is 268 g/mol. The molecule has 0 spiro atoms. The Kier molecular flexibility index (Phi) is 3.94. The number of carbonyl (C=O) groups excluding carboxylic acids is 1. The molecule has 4 nitrogen and oxygen atoms in total. The number of rotatable bonds is 4. The number of hydrogen-bond donors (Lipinski definition) is 1. The minimum absolute atomic E-state index is 0.114. The summed E-state index contributed by atoms with van der Waals surface area (Å²) in [4.78, 5) is 14.5. The smallest absolute Gasteiger partial charge is 0.239 e. The van der Waals surface area contributed by atoms with Crippen molar-refractivity contribution in [1.82, 2.24) is 4.90 Å². The van der Waals surface area contributed by atoms with Gasteiger partial charge in [0, 0.05) is 26.3 Å². The summed E-state index contributed by atoms with van der Waals surface area (Å²) in [6.45, 7) is 8.37. The van der Waals surface area contributed by atoms with Gasteiger partial charge in [-0.25, -0.2) is 0 Å². The van der Waals surface area contributed by atoms with Crippen molar-refractivity contribution in [3.63, 3.8) is 0 Å². The molecule has 2 fully saturated rings. The highest BCUT2D eigenvalue weighted by atomic mass is 16.5. The normalized spacial score (nSPS) is 34.4. The summed E-state index contributed by atoms with van der Waals surface area (Å²) in [5.74, 6) is 0.114. The van der Waals surface area contributed by atoms with E-state index in [-0.39, 0.29) is 11.3 Å². The van der Waals surface area contributed by atoms with E-state index in [1.807, 2.05) is 0 Å². The molecule has 2 N–H and O–H groups in total. The number of amides is 1. The van der Waals surface area contributed by atoms with Gasteiger partial charge in [0.2, 0.25) is 5.91 Å². The van der Waals surface area contributed by atoms with Gasteiger partial charge in [-0.2, -0.15) is 0 Å². The van der Waals surface area contributed by atoms with Gasteiger partial charge in [0.05, 0.1) is 6.04 Å². The molecule has 2 bridgehead atoms. The lowest BCUT2D eigenvalue weighted by atomic mass is 9.65. The van der Waals surface area contributed by atoms with Gasteiger partial charge in [-0.3, -0.25) is 4.79 Å². The summed E-state index contributed by atoms with van der Waals surface area (Å²) >= 11 is 0. The number of nitrogens with two attached hydrogens (primary N) is 1. The van der Waals surface area contributed by atoms with Gasteiger partial charge in [0.1, 0.15) is 0 Å². The van der Waals surface area contributed by atoms with Crippen molar-refractivity contribution in [1.29, 1.82) is 0 Å². The summed E-state index contributed by atoms with van der Waals surface area (Å²) in [5, 5.41) is 0. The molecule has 1 amide bonds. The maximum atomic E-state index is 12.5. The highest BCUT2D eigenvalue weighted by Crippen LogP contribution is 2.52. The third-order valence-electron chi connectivity index (χ3n) is 4.65. The topological polar surface area (TPSA) is 55.6 Å². The average Bonchev–Trinajstić information content (AvgIpc) is 2.54. The van der Waals surface area contributed by atoms with Crippen LogP contribution < -0.4 is 5.73 Å². The molecule has 2 rings (SSSR count). The van der Waals surface area contributed by atoms with Crippen molar-refractivity contribution >= 4 is 5.91 Å². The van der Waals surface area contributed by atoms with Crippen LogP contribution in [0, 0.1) is 10.8 Å². The summed E-state index contributed by atoms with van der Waals surface area (Å²) in [5.41, 5.74) is 6.62. The molecule has 3 unspecified atom stereocenters. The van der Waals surface area contributed by atoms with Gasteiger partial charge in [0.15, 0.2) is 0 Å². The molecular formula is C15H28N2O2. The molecule has 3 atom stereocenters.